The van der Waals surface area contributed by atoms with Gasteiger partial charge in [-0.15, -0.1) is 0 Å². The number of anilines is 2. The molecule has 2 aromatic carbocycles. The fourth-order valence-electron chi connectivity index (χ4n) is 2.90. The highest BCUT2D eigenvalue weighted by atomic mass is 35.5. The topological polar surface area (TPSA) is 59.9 Å². The Labute approximate surface area is 162 Å². The lowest BCUT2D eigenvalue weighted by Crippen LogP contribution is -2.00. The van der Waals surface area contributed by atoms with E-state index in [9.17, 15) is 0 Å². The van der Waals surface area contributed by atoms with E-state index in [-0.39, 0.29) is 0 Å². The Morgan fingerprint density at radius 3 is 2.67 bits per heavy atom. The van der Waals surface area contributed by atoms with Crippen LogP contribution in [0.5, 0.6) is 5.75 Å². The monoisotopic (exact) mass is 376 g/mol. The Hall–Kier alpha value is -3.18. The van der Waals surface area contributed by atoms with Crippen LogP contribution in [0.2, 0.25) is 5.02 Å². The van der Waals surface area contributed by atoms with Crippen LogP contribution >= 0.6 is 11.6 Å². The van der Waals surface area contributed by atoms with Gasteiger partial charge in [0.1, 0.15) is 11.6 Å². The third-order valence-corrected chi connectivity index (χ3v) is 4.35. The molecule has 0 radical (unpaired) electrons. The molecule has 0 aliphatic rings. The molecule has 2 heterocycles. The van der Waals surface area contributed by atoms with Gasteiger partial charge in [0.05, 0.1) is 12.6 Å². The first-order chi connectivity index (χ1) is 13.1. The molecule has 0 aliphatic carbocycles. The molecule has 0 saturated heterocycles. The molecule has 0 saturated carbocycles. The molecule has 4 rings (SSSR count). The van der Waals surface area contributed by atoms with Gasteiger partial charge >= 0.3 is 0 Å². The van der Waals surface area contributed by atoms with Crippen LogP contribution in [0.1, 0.15) is 5.56 Å². The van der Waals surface area contributed by atoms with Crippen molar-refractivity contribution in [3.8, 4) is 17.1 Å². The quantitative estimate of drug-likeness (QED) is 0.516. The smallest absolute Gasteiger partial charge is 0.163 e. The minimum Gasteiger partial charge on any atom is -0.497 e. The van der Waals surface area contributed by atoms with Gasteiger partial charge in [0.15, 0.2) is 5.82 Å². The number of nitrogens with zero attached hydrogens (tertiary/aromatic N) is 3. The van der Waals surface area contributed by atoms with E-state index in [2.05, 4.69) is 10.3 Å². The average Bonchev–Trinajstić information content (AvgIpc) is 2.67. The zero-order valence-corrected chi connectivity index (χ0v) is 15.7. The van der Waals surface area contributed by atoms with Gasteiger partial charge in [-0.05, 0) is 55.0 Å². The number of aryl methyl sites for hydroxylation is 1. The Bertz CT molecular complexity index is 1100. The zero-order valence-electron chi connectivity index (χ0n) is 14.9. The summed E-state index contributed by atoms with van der Waals surface area (Å²) in [6, 6.07) is 15.3. The van der Waals surface area contributed by atoms with Crippen molar-refractivity contribution in [1.82, 2.24) is 15.0 Å². The van der Waals surface area contributed by atoms with Gasteiger partial charge in [0, 0.05) is 40.1 Å². The molecule has 0 fully saturated rings. The lowest BCUT2D eigenvalue weighted by molar-refractivity contribution is 0.415. The zero-order chi connectivity index (χ0) is 18.8. The summed E-state index contributed by atoms with van der Waals surface area (Å²) in [6.45, 7) is 2.00. The van der Waals surface area contributed by atoms with E-state index in [1.165, 1.54) is 0 Å². The number of hydrogen-bond acceptors (Lipinski definition) is 5. The number of rotatable bonds is 4. The molecule has 0 amide bonds. The van der Waals surface area contributed by atoms with Crippen LogP contribution < -0.4 is 10.1 Å². The van der Waals surface area contributed by atoms with Crippen molar-refractivity contribution in [3.63, 3.8) is 0 Å². The summed E-state index contributed by atoms with van der Waals surface area (Å²) in [4.78, 5) is 13.6. The molecule has 0 spiro atoms. The third kappa shape index (κ3) is 3.68. The number of ether oxygens (including phenoxy) is 1. The molecule has 0 bridgehead atoms. The molecule has 2 aromatic heterocycles. The first-order valence-electron chi connectivity index (χ1n) is 8.43. The van der Waals surface area contributed by atoms with Crippen LogP contribution in [-0.4, -0.2) is 22.1 Å². The Morgan fingerprint density at radius 2 is 1.93 bits per heavy atom. The maximum Gasteiger partial charge on any atom is 0.163 e. The number of halogens is 1. The number of hydrogen-bond donors (Lipinski definition) is 1. The van der Waals surface area contributed by atoms with Gasteiger partial charge < -0.3 is 10.1 Å². The highest BCUT2D eigenvalue weighted by Crippen LogP contribution is 2.30. The SMILES string of the molecule is COc1ccc2c(Nc3cc(C)cc(Cl)c3)nc(-c3cccnc3)nc2c1. The highest BCUT2D eigenvalue weighted by molar-refractivity contribution is 6.31. The molecular weight excluding hydrogens is 360 g/mol. The summed E-state index contributed by atoms with van der Waals surface area (Å²) >= 11 is 6.20. The fourth-order valence-corrected chi connectivity index (χ4v) is 3.19. The van der Waals surface area contributed by atoms with Crippen LogP contribution in [0.15, 0.2) is 60.9 Å². The normalized spacial score (nSPS) is 10.8. The highest BCUT2D eigenvalue weighted by Gasteiger charge is 2.11. The lowest BCUT2D eigenvalue weighted by Gasteiger charge is -2.12. The Morgan fingerprint density at radius 1 is 1.04 bits per heavy atom. The van der Waals surface area contributed by atoms with Crippen LogP contribution in [-0.2, 0) is 0 Å². The van der Waals surface area contributed by atoms with Gasteiger partial charge in [-0.2, -0.15) is 0 Å². The van der Waals surface area contributed by atoms with E-state index < -0.39 is 0 Å². The first kappa shape index (κ1) is 17.2. The van der Waals surface area contributed by atoms with Crippen molar-refractivity contribution in [3.05, 3.63) is 71.5 Å². The second-order valence-electron chi connectivity index (χ2n) is 6.16. The van der Waals surface area contributed by atoms with E-state index in [4.69, 9.17) is 26.3 Å². The van der Waals surface area contributed by atoms with Crippen molar-refractivity contribution >= 4 is 34.0 Å². The number of fused-ring (bicyclic) bond motifs is 1. The maximum absolute atomic E-state index is 6.20. The molecule has 5 nitrogen and oxygen atoms in total. The molecule has 0 atom stereocenters. The first-order valence-corrected chi connectivity index (χ1v) is 8.80. The van der Waals surface area contributed by atoms with Crippen LogP contribution in [0, 0.1) is 6.92 Å². The predicted molar refractivity (Wildman–Crippen MR) is 109 cm³/mol. The molecular formula is C21H17ClN4O. The summed E-state index contributed by atoms with van der Waals surface area (Å²) in [6.07, 6.45) is 3.47. The van der Waals surface area contributed by atoms with Crippen LogP contribution in [0.3, 0.4) is 0 Å². The van der Waals surface area contributed by atoms with Crippen LogP contribution in [0.25, 0.3) is 22.3 Å². The maximum atomic E-state index is 6.20. The number of benzene rings is 2. The van der Waals surface area contributed by atoms with Crippen molar-refractivity contribution in [2.24, 2.45) is 0 Å². The summed E-state index contributed by atoms with van der Waals surface area (Å²) in [5.41, 5.74) is 3.56. The number of aromatic nitrogens is 3. The second-order valence-corrected chi connectivity index (χ2v) is 6.60. The van der Waals surface area contributed by atoms with Crippen molar-refractivity contribution in [1.29, 1.82) is 0 Å². The molecule has 6 heteroatoms. The van der Waals surface area contributed by atoms with Crippen LogP contribution in [0.4, 0.5) is 11.5 Å². The largest absolute Gasteiger partial charge is 0.497 e. The number of nitrogens with one attached hydrogen (secondary N) is 1. The second kappa shape index (κ2) is 7.21. The minimum absolute atomic E-state index is 0.588. The molecule has 0 aliphatic heterocycles. The van der Waals surface area contributed by atoms with Gasteiger partial charge in [0.25, 0.3) is 0 Å². The molecule has 134 valence electrons. The van der Waals surface area contributed by atoms with Gasteiger partial charge in [-0.3, -0.25) is 4.98 Å². The van der Waals surface area contributed by atoms with E-state index in [0.29, 0.717) is 16.7 Å². The summed E-state index contributed by atoms with van der Waals surface area (Å²) in [5, 5.41) is 4.94. The summed E-state index contributed by atoms with van der Waals surface area (Å²) < 4.78 is 5.35. The fraction of sp³-hybridized carbons (Fsp3) is 0.0952. The van der Waals surface area contributed by atoms with E-state index in [1.54, 1.807) is 19.5 Å². The Balaban J connectivity index is 1.89. The number of methoxy groups -OCH3 is 1. The van der Waals surface area contributed by atoms with E-state index in [1.807, 2.05) is 55.5 Å². The number of pyridine rings is 1. The summed E-state index contributed by atoms with van der Waals surface area (Å²) in [5.74, 6) is 2.02. The molecule has 27 heavy (non-hydrogen) atoms. The molecule has 1 N–H and O–H groups in total. The Kier molecular flexibility index (Phi) is 4.60. The lowest BCUT2D eigenvalue weighted by atomic mass is 10.2. The average molecular weight is 377 g/mol. The minimum atomic E-state index is 0.588. The predicted octanol–water partition coefficient (Wildman–Crippen LogP) is 5.41. The van der Waals surface area contributed by atoms with Gasteiger partial charge in [-0.1, -0.05) is 11.6 Å². The third-order valence-electron chi connectivity index (χ3n) is 4.13. The summed E-state index contributed by atoms with van der Waals surface area (Å²) in [7, 11) is 1.64. The molecule has 4 aromatic rings. The molecule has 0 unspecified atom stereocenters. The van der Waals surface area contributed by atoms with E-state index >= 15 is 0 Å². The van der Waals surface area contributed by atoms with Crippen molar-refractivity contribution < 1.29 is 4.74 Å². The standard InChI is InChI=1S/C21H17ClN4O/c1-13-8-15(22)10-16(9-13)24-21-18-6-5-17(27-2)11-19(18)25-20(26-21)14-4-3-7-23-12-14/h3-12H,1-2H3,(H,24,25,26). The van der Waals surface area contributed by atoms with Gasteiger partial charge in [-0.25, -0.2) is 9.97 Å². The van der Waals surface area contributed by atoms with Gasteiger partial charge in [0.2, 0.25) is 0 Å². The van der Waals surface area contributed by atoms with Crippen molar-refractivity contribution in [2.75, 3.05) is 12.4 Å². The van der Waals surface area contributed by atoms with E-state index in [0.717, 1.165) is 33.5 Å². The van der Waals surface area contributed by atoms with Crippen molar-refractivity contribution in [2.45, 2.75) is 6.92 Å².